The second-order valence-electron chi connectivity index (χ2n) is 5.29. The van der Waals surface area contributed by atoms with Gasteiger partial charge >= 0.3 is 5.97 Å². The van der Waals surface area contributed by atoms with Gasteiger partial charge in [0.05, 0.1) is 0 Å². The molecular formula is C13H18N2O4S. The highest BCUT2D eigenvalue weighted by Crippen LogP contribution is 2.35. The van der Waals surface area contributed by atoms with Gasteiger partial charge in [-0.05, 0) is 38.3 Å². The lowest BCUT2D eigenvalue weighted by molar-refractivity contribution is -0.143. The van der Waals surface area contributed by atoms with Gasteiger partial charge in [-0.15, -0.1) is 0 Å². The number of aromatic nitrogens is 1. The van der Waals surface area contributed by atoms with Crippen molar-refractivity contribution >= 4 is 21.6 Å². The average Bonchev–Trinajstić information content (AvgIpc) is 2.38. The van der Waals surface area contributed by atoms with E-state index >= 15 is 0 Å². The lowest BCUT2D eigenvalue weighted by Gasteiger charge is -2.42. The predicted octanol–water partition coefficient (Wildman–Crippen LogP) is 1.32. The van der Waals surface area contributed by atoms with Gasteiger partial charge in [-0.1, -0.05) is 0 Å². The van der Waals surface area contributed by atoms with Crippen molar-refractivity contribution in [2.45, 2.75) is 36.6 Å². The van der Waals surface area contributed by atoms with E-state index in [9.17, 15) is 18.3 Å². The molecule has 1 saturated heterocycles. The first kappa shape index (κ1) is 14.8. The van der Waals surface area contributed by atoms with Crippen molar-refractivity contribution in [3.8, 4) is 0 Å². The minimum atomic E-state index is -3.46. The Bertz CT molecular complexity index is 629. The van der Waals surface area contributed by atoms with Gasteiger partial charge < -0.3 is 10.0 Å². The van der Waals surface area contributed by atoms with Gasteiger partial charge in [-0.25, -0.2) is 18.2 Å². The Morgan fingerprint density at radius 1 is 1.45 bits per heavy atom. The molecule has 0 amide bonds. The normalized spacial score (nSPS) is 23.6. The van der Waals surface area contributed by atoms with Gasteiger partial charge in [0.15, 0.2) is 9.84 Å². The van der Waals surface area contributed by atoms with Gasteiger partial charge in [-0.3, -0.25) is 0 Å². The summed E-state index contributed by atoms with van der Waals surface area (Å²) >= 11 is 0. The predicted molar refractivity (Wildman–Crippen MR) is 74.6 cm³/mol. The van der Waals surface area contributed by atoms with Crippen molar-refractivity contribution in [2.24, 2.45) is 0 Å². The van der Waals surface area contributed by atoms with E-state index in [0.717, 1.165) is 19.1 Å². The van der Waals surface area contributed by atoms with Crippen LogP contribution in [0.3, 0.4) is 0 Å². The molecule has 1 aromatic heterocycles. The fraction of sp³-hybridized carbons (Fsp3) is 0.538. The maximum atomic E-state index is 11.9. The number of anilines is 1. The highest BCUT2D eigenvalue weighted by Gasteiger charge is 2.43. The fourth-order valence-electron chi connectivity index (χ4n) is 2.56. The van der Waals surface area contributed by atoms with Crippen LogP contribution >= 0.6 is 0 Å². The largest absolute Gasteiger partial charge is 0.480 e. The van der Waals surface area contributed by atoms with Crippen molar-refractivity contribution in [3.05, 3.63) is 18.3 Å². The SMILES string of the molecule is CC1(C(=O)O)CCCCN1c1ncccc1S(C)(=O)=O. The maximum absolute atomic E-state index is 11.9. The van der Waals surface area contributed by atoms with Crippen LogP contribution in [0.2, 0.25) is 0 Å². The van der Waals surface area contributed by atoms with E-state index in [0.29, 0.717) is 13.0 Å². The molecule has 6 nitrogen and oxygen atoms in total. The minimum Gasteiger partial charge on any atom is -0.480 e. The van der Waals surface area contributed by atoms with Crippen LogP contribution in [0, 0.1) is 0 Å². The quantitative estimate of drug-likeness (QED) is 0.905. The summed E-state index contributed by atoms with van der Waals surface area (Å²) < 4.78 is 23.7. The Kier molecular flexibility index (Phi) is 3.73. The molecule has 0 saturated carbocycles. The Balaban J connectivity index is 2.58. The van der Waals surface area contributed by atoms with Gasteiger partial charge in [0.2, 0.25) is 0 Å². The topological polar surface area (TPSA) is 87.6 Å². The molecule has 20 heavy (non-hydrogen) atoms. The van der Waals surface area contributed by atoms with Crippen molar-refractivity contribution in [1.82, 2.24) is 4.98 Å². The number of aliphatic carboxylic acids is 1. The number of hydrogen-bond acceptors (Lipinski definition) is 5. The molecule has 1 aliphatic heterocycles. The van der Waals surface area contributed by atoms with Crippen molar-refractivity contribution in [1.29, 1.82) is 0 Å². The third-order valence-corrected chi connectivity index (χ3v) is 4.88. The van der Waals surface area contributed by atoms with Crippen molar-refractivity contribution < 1.29 is 18.3 Å². The molecule has 1 aliphatic rings. The zero-order chi connectivity index (χ0) is 15.0. The number of rotatable bonds is 3. The summed E-state index contributed by atoms with van der Waals surface area (Å²) in [6.07, 6.45) is 4.70. The van der Waals surface area contributed by atoms with Gasteiger partial charge in [0.1, 0.15) is 16.3 Å². The summed E-state index contributed by atoms with van der Waals surface area (Å²) in [4.78, 5) is 17.4. The molecule has 2 heterocycles. The van der Waals surface area contributed by atoms with Crippen LogP contribution in [-0.2, 0) is 14.6 Å². The van der Waals surface area contributed by atoms with E-state index in [1.54, 1.807) is 17.9 Å². The first-order valence-electron chi connectivity index (χ1n) is 6.43. The van der Waals surface area contributed by atoms with E-state index < -0.39 is 21.3 Å². The minimum absolute atomic E-state index is 0.0781. The zero-order valence-corrected chi connectivity index (χ0v) is 12.4. The maximum Gasteiger partial charge on any atom is 0.329 e. The van der Waals surface area contributed by atoms with Crippen LogP contribution in [0.4, 0.5) is 5.82 Å². The molecule has 7 heteroatoms. The third-order valence-electron chi connectivity index (χ3n) is 3.76. The lowest BCUT2D eigenvalue weighted by atomic mass is 9.88. The summed E-state index contributed by atoms with van der Waals surface area (Å²) in [5, 5.41) is 9.50. The second kappa shape index (κ2) is 5.05. The second-order valence-corrected chi connectivity index (χ2v) is 7.27. The molecule has 1 fully saturated rings. The Morgan fingerprint density at radius 2 is 2.15 bits per heavy atom. The molecule has 0 aliphatic carbocycles. The summed E-state index contributed by atoms with van der Waals surface area (Å²) in [6.45, 7) is 2.11. The van der Waals surface area contributed by atoms with Crippen LogP contribution < -0.4 is 4.90 Å². The monoisotopic (exact) mass is 298 g/mol. The van der Waals surface area contributed by atoms with Crippen LogP contribution in [-0.4, -0.2) is 42.8 Å². The van der Waals surface area contributed by atoms with Crippen LogP contribution in [0.25, 0.3) is 0 Å². The molecule has 1 unspecified atom stereocenters. The fourth-order valence-corrected chi connectivity index (χ4v) is 3.38. The van der Waals surface area contributed by atoms with Gasteiger partial charge in [0.25, 0.3) is 0 Å². The third kappa shape index (κ3) is 2.49. The lowest BCUT2D eigenvalue weighted by Crippen LogP contribution is -2.56. The molecule has 1 N–H and O–H groups in total. The molecule has 0 spiro atoms. The molecule has 110 valence electrons. The van der Waals surface area contributed by atoms with Crippen molar-refractivity contribution in [3.63, 3.8) is 0 Å². The average molecular weight is 298 g/mol. The number of pyridine rings is 1. The van der Waals surface area contributed by atoms with Crippen LogP contribution in [0.1, 0.15) is 26.2 Å². The molecular weight excluding hydrogens is 280 g/mol. The summed E-state index contributed by atoms with van der Waals surface area (Å²) in [7, 11) is -3.46. The Labute approximate surface area is 118 Å². The van der Waals surface area contributed by atoms with Gasteiger partial charge in [-0.2, -0.15) is 0 Å². The number of sulfone groups is 1. The van der Waals surface area contributed by atoms with E-state index in [1.165, 1.54) is 12.3 Å². The number of hydrogen-bond donors (Lipinski definition) is 1. The standard InChI is InChI=1S/C13H18N2O4S/c1-13(12(16)17)7-3-4-9-15(13)11-10(20(2,18)19)6-5-8-14-11/h5-6,8H,3-4,7,9H2,1-2H3,(H,16,17). The summed E-state index contributed by atoms with van der Waals surface area (Å²) in [6, 6.07) is 3.01. The molecule has 0 radical (unpaired) electrons. The Hall–Kier alpha value is -1.63. The summed E-state index contributed by atoms with van der Waals surface area (Å²) in [5.41, 5.74) is -1.12. The smallest absolute Gasteiger partial charge is 0.329 e. The molecule has 0 bridgehead atoms. The molecule has 1 aromatic rings. The first-order valence-corrected chi connectivity index (χ1v) is 8.32. The highest BCUT2D eigenvalue weighted by atomic mass is 32.2. The van der Waals surface area contributed by atoms with E-state index in [1.807, 2.05) is 0 Å². The van der Waals surface area contributed by atoms with Crippen molar-refractivity contribution in [2.75, 3.05) is 17.7 Å². The van der Waals surface area contributed by atoms with Crippen LogP contribution in [0.5, 0.6) is 0 Å². The number of nitrogens with zero attached hydrogens (tertiary/aromatic N) is 2. The number of carboxylic acid groups (broad SMARTS) is 1. The van der Waals surface area contributed by atoms with Gasteiger partial charge in [0, 0.05) is 19.0 Å². The highest BCUT2D eigenvalue weighted by molar-refractivity contribution is 7.90. The first-order chi connectivity index (χ1) is 9.27. The summed E-state index contributed by atoms with van der Waals surface area (Å²) in [5.74, 6) is -0.720. The molecule has 1 atom stereocenters. The Morgan fingerprint density at radius 3 is 2.75 bits per heavy atom. The number of piperidine rings is 1. The number of carbonyl (C=O) groups is 1. The molecule has 2 rings (SSSR count). The van der Waals surface area contributed by atoms with E-state index in [4.69, 9.17) is 0 Å². The van der Waals surface area contributed by atoms with E-state index in [-0.39, 0.29) is 10.7 Å². The van der Waals surface area contributed by atoms with E-state index in [2.05, 4.69) is 4.98 Å². The molecule has 0 aromatic carbocycles. The number of carboxylic acids is 1. The zero-order valence-electron chi connectivity index (χ0n) is 11.5. The van der Waals surface area contributed by atoms with Crippen LogP contribution in [0.15, 0.2) is 23.2 Å².